The van der Waals surface area contributed by atoms with Gasteiger partial charge in [-0.3, -0.25) is 0 Å². The van der Waals surface area contributed by atoms with Gasteiger partial charge in [0.25, 0.3) is 0 Å². The average molecular weight is 259 g/mol. The molecule has 0 amide bonds. The van der Waals surface area contributed by atoms with Crippen LogP contribution in [0.15, 0.2) is 30.3 Å². The fourth-order valence-corrected chi connectivity index (χ4v) is 1.76. The molecular weight excluding hydrogens is 242 g/mol. The number of pyridine rings is 1. The first kappa shape index (κ1) is 13.4. The maximum atomic E-state index is 9.11. The highest BCUT2D eigenvalue weighted by Gasteiger charge is 2.08. The van der Waals surface area contributed by atoms with Crippen molar-refractivity contribution < 1.29 is 14.6 Å². The third kappa shape index (κ3) is 3.03. The van der Waals surface area contributed by atoms with Crippen LogP contribution in [0.25, 0.3) is 0 Å². The number of nitrogens with zero attached hydrogens (tertiary/aromatic N) is 1. The Labute approximate surface area is 112 Å². The molecule has 1 heterocycles. The van der Waals surface area contributed by atoms with Crippen LogP contribution in [0.5, 0.6) is 17.4 Å². The highest BCUT2D eigenvalue weighted by Crippen LogP contribution is 2.31. The molecule has 4 heteroatoms. The minimum Gasteiger partial charge on any atom is -0.493 e. The molecule has 0 fully saturated rings. The standard InChI is InChI=1S/C15H17NO3/c1-10-4-6-13(14(8-10)18-3)19-15-7-5-12(9-17)11(2)16-15/h4-8,17H,9H2,1-3H3. The van der Waals surface area contributed by atoms with E-state index < -0.39 is 0 Å². The third-order valence-electron chi connectivity index (χ3n) is 2.87. The van der Waals surface area contributed by atoms with E-state index in [4.69, 9.17) is 14.6 Å². The third-order valence-corrected chi connectivity index (χ3v) is 2.87. The van der Waals surface area contributed by atoms with Crippen LogP contribution in [0.2, 0.25) is 0 Å². The summed E-state index contributed by atoms with van der Waals surface area (Å²) in [6.07, 6.45) is 0. The van der Waals surface area contributed by atoms with Crippen molar-refractivity contribution in [1.82, 2.24) is 4.98 Å². The normalized spacial score (nSPS) is 10.3. The van der Waals surface area contributed by atoms with Crippen molar-refractivity contribution in [2.45, 2.75) is 20.5 Å². The molecule has 0 unspecified atom stereocenters. The van der Waals surface area contributed by atoms with E-state index in [1.807, 2.05) is 32.0 Å². The van der Waals surface area contributed by atoms with Crippen LogP contribution in [0.4, 0.5) is 0 Å². The number of rotatable bonds is 4. The molecule has 0 bridgehead atoms. The lowest BCUT2D eigenvalue weighted by Gasteiger charge is -2.11. The minimum absolute atomic E-state index is 0.0209. The van der Waals surface area contributed by atoms with Gasteiger partial charge in [0.05, 0.1) is 13.7 Å². The molecule has 0 aliphatic carbocycles. The van der Waals surface area contributed by atoms with E-state index in [1.165, 1.54) is 0 Å². The van der Waals surface area contributed by atoms with Crippen LogP contribution in [0, 0.1) is 13.8 Å². The van der Waals surface area contributed by atoms with E-state index >= 15 is 0 Å². The zero-order valence-corrected chi connectivity index (χ0v) is 11.3. The maximum absolute atomic E-state index is 9.11. The minimum atomic E-state index is -0.0209. The van der Waals surface area contributed by atoms with E-state index in [2.05, 4.69) is 4.98 Å². The van der Waals surface area contributed by atoms with Crippen molar-refractivity contribution >= 4 is 0 Å². The summed E-state index contributed by atoms with van der Waals surface area (Å²) in [5, 5.41) is 9.11. The Hall–Kier alpha value is -2.07. The molecule has 0 saturated heterocycles. The Morgan fingerprint density at radius 1 is 1.11 bits per heavy atom. The Kier molecular flexibility index (Phi) is 4.02. The average Bonchev–Trinajstić information content (AvgIpc) is 2.41. The second kappa shape index (κ2) is 5.71. The van der Waals surface area contributed by atoms with Crippen molar-refractivity contribution in [3.05, 3.63) is 47.2 Å². The molecule has 2 aromatic rings. The van der Waals surface area contributed by atoms with Gasteiger partial charge in [-0.25, -0.2) is 4.98 Å². The number of aliphatic hydroxyl groups is 1. The molecule has 2 rings (SSSR count). The molecule has 0 spiro atoms. The highest BCUT2D eigenvalue weighted by atomic mass is 16.5. The number of benzene rings is 1. The van der Waals surface area contributed by atoms with E-state index in [0.29, 0.717) is 17.4 Å². The van der Waals surface area contributed by atoms with Gasteiger partial charge in [0.15, 0.2) is 11.5 Å². The topological polar surface area (TPSA) is 51.6 Å². The Morgan fingerprint density at radius 3 is 2.53 bits per heavy atom. The molecule has 100 valence electrons. The molecule has 1 aromatic carbocycles. The summed E-state index contributed by atoms with van der Waals surface area (Å²) in [5.41, 5.74) is 2.65. The molecule has 0 atom stereocenters. The van der Waals surface area contributed by atoms with Gasteiger partial charge in [-0.05, 0) is 43.2 Å². The molecular formula is C15H17NO3. The Bertz CT molecular complexity index is 582. The van der Waals surface area contributed by atoms with Gasteiger partial charge in [0.1, 0.15) is 0 Å². The van der Waals surface area contributed by atoms with Gasteiger partial charge in [-0.1, -0.05) is 6.07 Å². The predicted octanol–water partition coefficient (Wildman–Crippen LogP) is 2.99. The first-order chi connectivity index (χ1) is 9.13. The summed E-state index contributed by atoms with van der Waals surface area (Å²) in [6.45, 7) is 3.81. The Balaban J connectivity index is 2.28. The van der Waals surface area contributed by atoms with Gasteiger partial charge in [-0.2, -0.15) is 0 Å². The zero-order chi connectivity index (χ0) is 13.8. The molecule has 0 saturated carbocycles. The lowest BCUT2D eigenvalue weighted by atomic mass is 10.2. The largest absolute Gasteiger partial charge is 0.493 e. The zero-order valence-electron chi connectivity index (χ0n) is 11.3. The second-order valence-electron chi connectivity index (χ2n) is 4.31. The maximum Gasteiger partial charge on any atom is 0.219 e. The molecule has 0 aliphatic heterocycles. The molecule has 1 aromatic heterocycles. The monoisotopic (exact) mass is 259 g/mol. The number of hydrogen-bond acceptors (Lipinski definition) is 4. The first-order valence-corrected chi connectivity index (χ1v) is 6.04. The molecule has 0 radical (unpaired) electrons. The lowest BCUT2D eigenvalue weighted by Crippen LogP contribution is -1.96. The summed E-state index contributed by atoms with van der Waals surface area (Å²) >= 11 is 0. The van der Waals surface area contributed by atoms with Crippen molar-refractivity contribution in [3.63, 3.8) is 0 Å². The Morgan fingerprint density at radius 2 is 1.89 bits per heavy atom. The molecule has 19 heavy (non-hydrogen) atoms. The van der Waals surface area contributed by atoms with Gasteiger partial charge >= 0.3 is 0 Å². The van der Waals surface area contributed by atoms with Crippen LogP contribution in [-0.2, 0) is 6.61 Å². The lowest BCUT2D eigenvalue weighted by molar-refractivity contribution is 0.280. The first-order valence-electron chi connectivity index (χ1n) is 6.04. The van der Waals surface area contributed by atoms with Crippen LogP contribution >= 0.6 is 0 Å². The fourth-order valence-electron chi connectivity index (χ4n) is 1.76. The highest BCUT2D eigenvalue weighted by molar-refractivity contribution is 5.44. The van der Waals surface area contributed by atoms with Crippen LogP contribution in [0.3, 0.4) is 0 Å². The molecule has 1 N–H and O–H groups in total. The van der Waals surface area contributed by atoms with Gasteiger partial charge < -0.3 is 14.6 Å². The van der Waals surface area contributed by atoms with Crippen molar-refractivity contribution in [1.29, 1.82) is 0 Å². The summed E-state index contributed by atoms with van der Waals surface area (Å²) in [5.74, 6) is 1.78. The van der Waals surface area contributed by atoms with Crippen LogP contribution in [0.1, 0.15) is 16.8 Å². The fraction of sp³-hybridized carbons (Fsp3) is 0.267. The summed E-state index contributed by atoms with van der Waals surface area (Å²) in [7, 11) is 1.61. The molecule has 4 nitrogen and oxygen atoms in total. The van der Waals surface area contributed by atoms with Crippen molar-refractivity contribution in [2.24, 2.45) is 0 Å². The number of aromatic nitrogens is 1. The van der Waals surface area contributed by atoms with E-state index in [1.54, 1.807) is 19.2 Å². The van der Waals surface area contributed by atoms with E-state index in [-0.39, 0.29) is 6.61 Å². The van der Waals surface area contributed by atoms with Gasteiger partial charge in [0.2, 0.25) is 5.88 Å². The van der Waals surface area contributed by atoms with Crippen LogP contribution < -0.4 is 9.47 Å². The van der Waals surface area contributed by atoms with Gasteiger partial charge in [0, 0.05) is 11.8 Å². The molecule has 0 aliphatic rings. The number of ether oxygens (including phenoxy) is 2. The van der Waals surface area contributed by atoms with E-state index in [9.17, 15) is 0 Å². The van der Waals surface area contributed by atoms with Crippen LogP contribution in [-0.4, -0.2) is 17.2 Å². The van der Waals surface area contributed by atoms with E-state index in [0.717, 1.165) is 16.8 Å². The number of methoxy groups -OCH3 is 1. The quantitative estimate of drug-likeness (QED) is 0.917. The smallest absolute Gasteiger partial charge is 0.219 e. The van der Waals surface area contributed by atoms with Gasteiger partial charge in [-0.15, -0.1) is 0 Å². The second-order valence-corrected chi connectivity index (χ2v) is 4.31. The SMILES string of the molecule is COc1cc(C)ccc1Oc1ccc(CO)c(C)n1. The number of aryl methyl sites for hydroxylation is 2. The summed E-state index contributed by atoms with van der Waals surface area (Å²) in [6, 6.07) is 9.25. The summed E-state index contributed by atoms with van der Waals surface area (Å²) in [4.78, 5) is 4.30. The van der Waals surface area contributed by atoms with Crippen molar-refractivity contribution in [2.75, 3.05) is 7.11 Å². The number of hydrogen-bond donors (Lipinski definition) is 1. The predicted molar refractivity (Wildman–Crippen MR) is 72.7 cm³/mol. The summed E-state index contributed by atoms with van der Waals surface area (Å²) < 4.78 is 11.0. The van der Waals surface area contributed by atoms with Crippen molar-refractivity contribution in [3.8, 4) is 17.4 Å². The number of aliphatic hydroxyl groups excluding tert-OH is 1.